The first kappa shape index (κ1) is 14.3. The molecule has 2 rings (SSSR count). The second-order valence-corrected chi connectivity index (χ2v) is 5.74. The minimum Gasteiger partial charge on any atom is -0.324 e. The third-order valence-electron chi connectivity index (χ3n) is 3.81. The van der Waals surface area contributed by atoms with E-state index in [9.17, 15) is 4.79 Å². The Labute approximate surface area is 119 Å². The molecule has 1 amide bonds. The summed E-state index contributed by atoms with van der Waals surface area (Å²) in [5.74, 6) is 0.282. The fourth-order valence-electron chi connectivity index (χ4n) is 2.61. The van der Waals surface area contributed by atoms with E-state index in [0.29, 0.717) is 5.15 Å². The van der Waals surface area contributed by atoms with Crippen LogP contribution in [-0.4, -0.2) is 10.9 Å². The molecular weight excluding hydrogens is 260 g/mol. The zero-order chi connectivity index (χ0) is 13.7. The van der Waals surface area contributed by atoms with Crippen molar-refractivity contribution in [1.82, 2.24) is 4.98 Å². The summed E-state index contributed by atoms with van der Waals surface area (Å²) < 4.78 is 0. The maximum atomic E-state index is 12.3. The van der Waals surface area contributed by atoms with Crippen LogP contribution in [-0.2, 0) is 4.79 Å². The van der Waals surface area contributed by atoms with Crippen molar-refractivity contribution in [2.45, 2.75) is 51.9 Å². The van der Waals surface area contributed by atoms with Gasteiger partial charge >= 0.3 is 0 Å². The Kier molecular flexibility index (Phi) is 5.20. The van der Waals surface area contributed by atoms with Crippen LogP contribution in [0.5, 0.6) is 0 Å². The molecule has 0 bridgehead atoms. The number of hydrogen-bond acceptors (Lipinski definition) is 2. The van der Waals surface area contributed by atoms with Crippen LogP contribution in [0.25, 0.3) is 0 Å². The molecule has 1 saturated carbocycles. The van der Waals surface area contributed by atoms with E-state index in [2.05, 4.69) is 10.3 Å². The van der Waals surface area contributed by atoms with Crippen LogP contribution >= 0.6 is 11.6 Å². The van der Waals surface area contributed by atoms with E-state index < -0.39 is 0 Å². The van der Waals surface area contributed by atoms with Gasteiger partial charge in [0.05, 0.1) is 11.9 Å². The molecule has 1 aromatic heterocycles. The molecule has 0 aromatic carbocycles. The molecule has 0 aliphatic heterocycles. The Balaban J connectivity index is 1.98. The van der Waals surface area contributed by atoms with Crippen LogP contribution in [0.4, 0.5) is 5.69 Å². The van der Waals surface area contributed by atoms with Crippen LogP contribution in [0, 0.1) is 12.8 Å². The molecule has 104 valence electrons. The Morgan fingerprint density at radius 3 is 2.53 bits per heavy atom. The molecule has 0 unspecified atom stereocenters. The Morgan fingerprint density at radius 2 is 1.89 bits per heavy atom. The first-order valence-corrected chi connectivity index (χ1v) is 7.47. The van der Waals surface area contributed by atoms with E-state index >= 15 is 0 Å². The first-order valence-electron chi connectivity index (χ1n) is 7.10. The summed E-state index contributed by atoms with van der Waals surface area (Å²) in [4.78, 5) is 16.3. The topological polar surface area (TPSA) is 42.0 Å². The molecule has 3 nitrogen and oxygen atoms in total. The van der Waals surface area contributed by atoms with Crippen molar-refractivity contribution in [2.24, 2.45) is 5.92 Å². The number of amides is 1. The van der Waals surface area contributed by atoms with Gasteiger partial charge in [0, 0.05) is 5.92 Å². The quantitative estimate of drug-likeness (QED) is 0.819. The highest BCUT2D eigenvalue weighted by molar-refractivity contribution is 6.29. The number of nitrogens with one attached hydrogen (secondary N) is 1. The van der Waals surface area contributed by atoms with Crippen molar-refractivity contribution < 1.29 is 4.79 Å². The minimum absolute atomic E-state index is 0.133. The van der Waals surface area contributed by atoms with Gasteiger partial charge in [0.15, 0.2) is 0 Å². The van der Waals surface area contributed by atoms with Crippen molar-refractivity contribution in [2.75, 3.05) is 5.32 Å². The molecule has 19 heavy (non-hydrogen) atoms. The Bertz CT molecular complexity index is 440. The number of nitrogens with zero attached hydrogens (tertiary/aromatic N) is 1. The molecule has 1 N–H and O–H groups in total. The largest absolute Gasteiger partial charge is 0.324 e. The van der Waals surface area contributed by atoms with E-state index in [1.807, 2.05) is 6.92 Å². The van der Waals surface area contributed by atoms with Gasteiger partial charge in [0.2, 0.25) is 5.91 Å². The molecule has 1 heterocycles. The monoisotopic (exact) mass is 280 g/mol. The van der Waals surface area contributed by atoms with Gasteiger partial charge in [-0.05, 0) is 31.4 Å². The van der Waals surface area contributed by atoms with E-state index in [-0.39, 0.29) is 11.8 Å². The lowest BCUT2D eigenvalue weighted by Gasteiger charge is -2.19. The molecule has 0 radical (unpaired) electrons. The average Bonchev–Trinajstić information content (AvgIpc) is 2.32. The summed E-state index contributed by atoms with van der Waals surface area (Å²) in [7, 11) is 0. The molecule has 1 aliphatic carbocycles. The lowest BCUT2D eigenvalue weighted by Crippen LogP contribution is -2.24. The molecule has 1 fully saturated rings. The second-order valence-electron chi connectivity index (χ2n) is 5.35. The lowest BCUT2D eigenvalue weighted by atomic mass is 9.90. The molecule has 0 saturated heterocycles. The number of aryl methyl sites for hydroxylation is 1. The summed E-state index contributed by atoms with van der Waals surface area (Å²) in [6, 6.07) is 1.77. The highest BCUT2D eigenvalue weighted by atomic mass is 35.5. The summed E-state index contributed by atoms with van der Waals surface area (Å²) in [5.41, 5.74) is 1.73. The van der Waals surface area contributed by atoms with Gasteiger partial charge in [-0.3, -0.25) is 4.79 Å². The van der Waals surface area contributed by atoms with E-state index in [0.717, 1.165) is 36.9 Å². The third-order valence-corrected chi connectivity index (χ3v) is 4.02. The number of halogens is 1. The number of anilines is 1. The predicted octanol–water partition coefficient (Wildman–Crippen LogP) is 4.34. The van der Waals surface area contributed by atoms with Gasteiger partial charge in [-0.2, -0.15) is 0 Å². The number of rotatable bonds is 2. The molecule has 1 aliphatic rings. The molecular formula is C15H21ClN2O. The summed E-state index contributed by atoms with van der Waals surface area (Å²) in [5, 5.41) is 3.45. The first-order chi connectivity index (χ1) is 9.16. The number of hydrogen-bond donors (Lipinski definition) is 1. The van der Waals surface area contributed by atoms with Gasteiger partial charge in [0.1, 0.15) is 5.15 Å². The standard InChI is InChI=1S/C15H21ClN2O/c1-11-9-14(16)17-10-13(11)18-15(19)12-7-5-3-2-4-6-8-12/h9-10,12H,2-8H2,1H3,(H,18,19). The van der Waals surface area contributed by atoms with Crippen LogP contribution in [0.1, 0.15) is 50.5 Å². The van der Waals surface area contributed by atoms with Crippen molar-refractivity contribution in [1.29, 1.82) is 0 Å². The van der Waals surface area contributed by atoms with Crippen LogP contribution in [0.15, 0.2) is 12.3 Å². The third kappa shape index (κ3) is 4.20. The maximum absolute atomic E-state index is 12.3. The van der Waals surface area contributed by atoms with Gasteiger partial charge < -0.3 is 5.32 Å². The minimum atomic E-state index is 0.133. The van der Waals surface area contributed by atoms with Crippen LogP contribution in [0.2, 0.25) is 5.15 Å². The van der Waals surface area contributed by atoms with E-state index in [4.69, 9.17) is 11.6 Å². The van der Waals surface area contributed by atoms with Crippen molar-refractivity contribution in [3.8, 4) is 0 Å². The Morgan fingerprint density at radius 1 is 1.26 bits per heavy atom. The fourth-order valence-corrected chi connectivity index (χ4v) is 2.82. The number of carbonyl (C=O) groups is 1. The van der Waals surface area contributed by atoms with Crippen LogP contribution in [0.3, 0.4) is 0 Å². The molecule has 0 atom stereocenters. The summed E-state index contributed by atoms with van der Waals surface area (Å²) >= 11 is 5.82. The normalized spacial score (nSPS) is 17.6. The van der Waals surface area contributed by atoms with Crippen molar-refractivity contribution in [3.05, 3.63) is 23.0 Å². The van der Waals surface area contributed by atoms with Gasteiger partial charge in [-0.25, -0.2) is 4.98 Å². The summed E-state index contributed by atoms with van der Waals surface area (Å²) in [6.45, 7) is 1.93. The van der Waals surface area contributed by atoms with E-state index in [1.54, 1.807) is 12.3 Å². The lowest BCUT2D eigenvalue weighted by molar-refractivity contribution is -0.120. The second kappa shape index (κ2) is 6.90. The summed E-state index contributed by atoms with van der Waals surface area (Å²) in [6.07, 6.45) is 9.80. The van der Waals surface area contributed by atoms with Crippen LogP contribution < -0.4 is 5.32 Å². The van der Waals surface area contributed by atoms with Gasteiger partial charge in [0.25, 0.3) is 0 Å². The van der Waals surface area contributed by atoms with Gasteiger partial charge in [-0.15, -0.1) is 0 Å². The highest BCUT2D eigenvalue weighted by Crippen LogP contribution is 2.24. The zero-order valence-corrected chi connectivity index (χ0v) is 12.2. The number of carbonyl (C=O) groups excluding carboxylic acids is 1. The number of pyridine rings is 1. The predicted molar refractivity (Wildman–Crippen MR) is 78.4 cm³/mol. The highest BCUT2D eigenvalue weighted by Gasteiger charge is 2.19. The molecule has 1 aromatic rings. The SMILES string of the molecule is Cc1cc(Cl)ncc1NC(=O)C1CCCCCCC1. The van der Waals surface area contributed by atoms with Crippen molar-refractivity contribution in [3.63, 3.8) is 0 Å². The maximum Gasteiger partial charge on any atom is 0.227 e. The van der Waals surface area contributed by atoms with Crippen molar-refractivity contribution >= 4 is 23.2 Å². The zero-order valence-electron chi connectivity index (χ0n) is 11.4. The fraction of sp³-hybridized carbons (Fsp3) is 0.600. The van der Waals surface area contributed by atoms with Gasteiger partial charge in [-0.1, -0.05) is 43.7 Å². The average molecular weight is 281 g/mol. The molecule has 0 spiro atoms. The molecule has 4 heteroatoms. The smallest absolute Gasteiger partial charge is 0.227 e. The van der Waals surface area contributed by atoms with E-state index in [1.165, 1.54) is 19.3 Å². The Hall–Kier alpha value is -1.09. The number of aromatic nitrogens is 1.